The average molecular weight is 330 g/mol. The Morgan fingerprint density at radius 1 is 1.21 bits per heavy atom. The Hall–Kier alpha value is -1.59. The molecule has 1 saturated heterocycles. The molecule has 5 heteroatoms. The van der Waals surface area contributed by atoms with Crippen LogP contribution in [0.3, 0.4) is 0 Å². The van der Waals surface area contributed by atoms with Gasteiger partial charge in [-0.25, -0.2) is 0 Å². The van der Waals surface area contributed by atoms with E-state index in [1.54, 1.807) is 0 Å². The Bertz CT molecular complexity index is 509. The molecule has 1 unspecified atom stereocenters. The number of aliphatic imine (C=N–C) groups is 1. The van der Waals surface area contributed by atoms with Crippen molar-refractivity contribution < 1.29 is 4.74 Å². The van der Waals surface area contributed by atoms with Gasteiger partial charge in [0.25, 0.3) is 0 Å². The van der Waals surface area contributed by atoms with Gasteiger partial charge in [-0.2, -0.15) is 0 Å². The number of hydrogen-bond acceptors (Lipinski definition) is 3. The van der Waals surface area contributed by atoms with Gasteiger partial charge < -0.3 is 15.4 Å². The minimum Gasteiger partial charge on any atom is -0.379 e. The summed E-state index contributed by atoms with van der Waals surface area (Å²) in [6.45, 7) is 8.39. The topological polar surface area (TPSA) is 48.9 Å². The molecule has 1 atom stereocenters. The fourth-order valence-electron chi connectivity index (χ4n) is 3.08. The second-order valence-corrected chi connectivity index (χ2v) is 6.62. The van der Waals surface area contributed by atoms with Gasteiger partial charge in [-0.15, -0.1) is 0 Å². The summed E-state index contributed by atoms with van der Waals surface area (Å²) in [7, 11) is 0. The van der Waals surface area contributed by atoms with Crippen LogP contribution in [0.5, 0.6) is 0 Å². The molecule has 0 amide bonds. The predicted molar refractivity (Wildman–Crippen MR) is 98.3 cm³/mol. The van der Waals surface area contributed by atoms with Crippen LogP contribution in [-0.2, 0) is 4.74 Å². The smallest absolute Gasteiger partial charge is 0.191 e. The zero-order chi connectivity index (χ0) is 16.6. The first-order valence-electron chi connectivity index (χ1n) is 9.25. The Labute approximate surface area is 145 Å². The highest BCUT2D eigenvalue weighted by molar-refractivity contribution is 5.79. The lowest BCUT2D eigenvalue weighted by atomic mass is 10.1. The molecule has 3 rings (SSSR count). The van der Waals surface area contributed by atoms with Crippen molar-refractivity contribution in [1.29, 1.82) is 0 Å². The molecule has 5 nitrogen and oxygen atoms in total. The Morgan fingerprint density at radius 3 is 2.62 bits per heavy atom. The maximum Gasteiger partial charge on any atom is 0.191 e. The number of nitrogens with one attached hydrogen (secondary N) is 2. The maximum atomic E-state index is 5.52. The molecule has 1 aliphatic heterocycles. The van der Waals surface area contributed by atoms with Crippen molar-refractivity contribution >= 4 is 5.96 Å². The van der Waals surface area contributed by atoms with Crippen LogP contribution in [0.25, 0.3) is 0 Å². The van der Waals surface area contributed by atoms with Crippen molar-refractivity contribution in [3.63, 3.8) is 0 Å². The number of guanidine groups is 1. The summed E-state index contributed by atoms with van der Waals surface area (Å²) in [5.41, 5.74) is 1.33. The van der Waals surface area contributed by atoms with Crippen molar-refractivity contribution in [3.8, 4) is 0 Å². The number of morpholine rings is 1. The van der Waals surface area contributed by atoms with Crippen LogP contribution in [0.1, 0.15) is 31.4 Å². The highest BCUT2D eigenvalue weighted by atomic mass is 16.5. The van der Waals surface area contributed by atoms with E-state index in [9.17, 15) is 0 Å². The van der Waals surface area contributed by atoms with E-state index in [2.05, 4.69) is 52.8 Å². The molecule has 132 valence electrons. The maximum absolute atomic E-state index is 5.52. The molecular weight excluding hydrogens is 300 g/mol. The van der Waals surface area contributed by atoms with Crippen LogP contribution in [0.4, 0.5) is 0 Å². The van der Waals surface area contributed by atoms with E-state index in [-0.39, 0.29) is 0 Å². The van der Waals surface area contributed by atoms with Gasteiger partial charge in [-0.05, 0) is 31.2 Å². The van der Waals surface area contributed by atoms with Crippen molar-refractivity contribution in [2.24, 2.45) is 10.9 Å². The molecule has 1 aromatic carbocycles. The first-order valence-corrected chi connectivity index (χ1v) is 9.25. The van der Waals surface area contributed by atoms with Crippen LogP contribution >= 0.6 is 0 Å². The lowest BCUT2D eigenvalue weighted by Crippen LogP contribution is -2.42. The number of rotatable bonds is 7. The van der Waals surface area contributed by atoms with E-state index in [4.69, 9.17) is 9.73 Å². The second-order valence-electron chi connectivity index (χ2n) is 6.62. The van der Waals surface area contributed by atoms with Crippen LogP contribution in [-0.4, -0.2) is 56.8 Å². The lowest BCUT2D eigenvalue weighted by Gasteiger charge is -2.34. The summed E-state index contributed by atoms with van der Waals surface area (Å²) in [4.78, 5) is 7.37. The molecular formula is C19H30N4O. The van der Waals surface area contributed by atoms with Crippen molar-refractivity contribution in [1.82, 2.24) is 15.5 Å². The van der Waals surface area contributed by atoms with Gasteiger partial charge in [0.05, 0.1) is 25.8 Å². The zero-order valence-corrected chi connectivity index (χ0v) is 14.7. The summed E-state index contributed by atoms with van der Waals surface area (Å²) in [6, 6.07) is 11.0. The zero-order valence-electron chi connectivity index (χ0n) is 14.7. The van der Waals surface area contributed by atoms with Gasteiger partial charge in [0.2, 0.25) is 0 Å². The summed E-state index contributed by atoms with van der Waals surface area (Å²) in [5.74, 6) is 1.79. The third-order valence-electron chi connectivity index (χ3n) is 4.69. The largest absolute Gasteiger partial charge is 0.379 e. The highest BCUT2D eigenvalue weighted by Crippen LogP contribution is 2.27. The minimum absolute atomic E-state index is 0.312. The molecule has 24 heavy (non-hydrogen) atoms. The van der Waals surface area contributed by atoms with E-state index in [1.165, 1.54) is 18.4 Å². The standard InChI is InChI=1S/C19H30N4O/c1-2-20-19(21-14-16-8-9-16)22-15-18(17-6-4-3-5-7-17)23-10-12-24-13-11-23/h3-7,16,18H,2,8-15H2,1H3,(H2,20,21,22). The fraction of sp³-hybridized carbons (Fsp3) is 0.632. The summed E-state index contributed by atoms with van der Waals surface area (Å²) in [5, 5.41) is 6.86. The van der Waals surface area contributed by atoms with E-state index >= 15 is 0 Å². The fourth-order valence-corrected chi connectivity index (χ4v) is 3.08. The molecule has 2 fully saturated rings. The summed E-state index contributed by atoms with van der Waals surface area (Å²) >= 11 is 0. The molecule has 0 aromatic heterocycles. The van der Waals surface area contributed by atoms with Crippen molar-refractivity contribution in [3.05, 3.63) is 35.9 Å². The van der Waals surface area contributed by atoms with Gasteiger partial charge in [0, 0.05) is 26.2 Å². The van der Waals surface area contributed by atoms with Crippen LogP contribution in [0.15, 0.2) is 35.3 Å². The third-order valence-corrected chi connectivity index (χ3v) is 4.69. The summed E-state index contributed by atoms with van der Waals surface area (Å²) in [6.07, 6.45) is 2.71. The van der Waals surface area contributed by atoms with E-state index < -0.39 is 0 Å². The van der Waals surface area contributed by atoms with Crippen molar-refractivity contribution in [2.75, 3.05) is 45.9 Å². The first-order chi connectivity index (χ1) is 11.9. The van der Waals surface area contributed by atoms with Crippen LogP contribution < -0.4 is 10.6 Å². The SMILES string of the molecule is CCNC(=NCC(c1ccccc1)N1CCOCC1)NCC1CC1. The third kappa shape index (κ3) is 5.21. The van der Waals surface area contributed by atoms with E-state index in [0.717, 1.165) is 57.8 Å². The molecule has 0 radical (unpaired) electrons. The van der Waals surface area contributed by atoms with E-state index in [1.807, 2.05) is 0 Å². The predicted octanol–water partition coefficient (Wildman–Crippen LogP) is 2.02. The Kier molecular flexibility index (Phi) is 6.49. The summed E-state index contributed by atoms with van der Waals surface area (Å²) < 4.78 is 5.52. The van der Waals surface area contributed by atoms with Crippen LogP contribution in [0.2, 0.25) is 0 Å². The molecule has 2 N–H and O–H groups in total. The Morgan fingerprint density at radius 2 is 1.96 bits per heavy atom. The lowest BCUT2D eigenvalue weighted by molar-refractivity contribution is 0.0179. The van der Waals surface area contributed by atoms with Crippen LogP contribution in [0, 0.1) is 5.92 Å². The molecule has 1 saturated carbocycles. The highest BCUT2D eigenvalue weighted by Gasteiger charge is 2.23. The Balaban J connectivity index is 1.67. The normalized spacial score (nSPS) is 20.6. The van der Waals surface area contributed by atoms with Gasteiger partial charge in [-0.3, -0.25) is 9.89 Å². The minimum atomic E-state index is 0.312. The monoisotopic (exact) mass is 330 g/mol. The van der Waals surface area contributed by atoms with Gasteiger partial charge >= 0.3 is 0 Å². The number of ether oxygens (including phenoxy) is 1. The van der Waals surface area contributed by atoms with Gasteiger partial charge in [-0.1, -0.05) is 30.3 Å². The molecule has 0 spiro atoms. The van der Waals surface area contributed by atoms with E-state index in [0.29, 0.717) is 6.04 Å². The number of hydrogen-bond donors (Lipinski definition) is 2. The van der Waals surface area contributed by atoms with Gasteiger partial charge in [0.1, 0.15) is 0 Å². The molecule has 1 heterocycles. The first kappa shape index (κ1) is 17.2. The molecule has 2 aliphatic rings. The number of benzene rings is 1. The second kappa shape index (κ2) is 9.04. The average Bonchev–Trinajstić information content (AvgIpc) is 3.46. The quantitative estimate of drug-likeness (QED) is 0.593. The van der Waals surface area contributed by atoms with Crippen molar-refractivity contribution in [2.45, 2.75) is 25.8 Å². The molecule has 0 bridgehead atoms. The van der Waals surface area contributed by atoms with Gasteiger partial charge in [0.15, 0.2) is 5.96 Å². The number of nitrogens with zero attached hydrogens (tertiary/aromatic N) is 2. The molecule has 1 aliphatic carbocycles. The molecule has 1 aromatic rings.